The molecular weight excluding hydrogens is 372 g/mol. The van der Waals surface area contributed by atoms with Crippen molar-refractivity contribution in [2.75, 3.05) is 19.8 Å². The van der Waals surface area contributed by atoms with Crippen LogP contribution in [0.4, 0.5) is 0 Å². The van der Waals surface area contributed by atoms with Gasteiger partial charge in [0.25, 0.3) is 0 Å². The van der Waals surface area contributed by atoms with Crippen molar-refractivity contribution in [2.24, 2.45) is 5.92 Å². The monoisotopic (exact) mass is 416 g/mol. The van der Waals surface area contributed by atoms with Crippen molar-refractivity contribution >= 4 is 11.9 Å². The van der Waals surface area contributed by atoms with E-state index in [1.54, 1.807) is 0 Å². The van der Waals surface area contributed by atoms with E-state index in [-0.39, 0.29) is 37.9 Å². The Labute approximate surface area is 177 Å². The second-order valence-corrected chi connectivity index (χ2v) is 7.90. The van der Waals surface area contributed by atoms with Crippen LogP contribution in [0, 0.1) is 5.92 Å². The average molecular weight is 417 g/mol. The Morgan fingerprint density at radius 2 is 1.31 bits per heavy atom. The fourth-order valence-electron chi connectivity index (χ4n) is 3.08. The summed E-state index contributed by atoms with van der Waals surface area (Å²) >= 11 is 0. The Morgan fingerprint density at radius 3 is 1.90 bits per heavy atom. The van der Waals surface area contributed by atoms with Gasteiger partial charge in [-0.15, -0.1) is 0 Å². The zero-order valence-electron chi connectivity index (χ0n) is 18.7. The molecule has 0 rings (SSSR count). The normalized spacial score (nSPS) is 12.2. The molecule has 1 unspecified atom stereocenters. The fraction of sp³-hybridized carbons (Fsp3) is 0.913. The molecule has 0 aliphatic rings. The highest BCUT2D eigenvalue weighted by atomic mass is 16.5. The van der Waals surface area contributed by atoms with Gasteiger partial charge < -0.3 is 19.7 Å². The number of hydrogen-bond acceptors (Lipinski definition) is 6. The minimum atomic E-state index is -0.405. The maximum absolute atomic E-state index is 12.0. The summed E-state index contributed by atoms with van der Waals surface area (Å²) in [4.78, 5) is 23.6. The van der Waals surface area contributed by atoms with Crippen LogP contribution in [-0.2, 0) is 19.1 Å². The molecule has 0 saturated heterocycles. The van der Waals surface area contributed by atoms with Crippen molar-refractivity contribution in [3.05, 3.63) is 0 Å². The lowest BCUT2D eigenvalue weighted by molar-refractivity contribution is -0.150. The molecule has 6 heteroatoms. The van der Waals surface area contributed by atoms with E-state index in [1.807, 2.05) is 0 Å². The first-order chi connectivity index (χ1) is 14.1. The van der Waals surface area contributed by atoms with Gasteiger partial charge in [-0.05, 0) is 32.1 Å². The predicted octanol–water partition coefficient (Wildman–Crippen LogP) is 4.54. The Balaban J connectivity index is 3.65. The third-order valence-corrected chi connectivity index (χ3v) is 5.14. The number of aliphatic hydroxyl groups is 2. The van der Waals surface area contributed by atoms with Gasteiger partial charge in [0.15, 0.2) is 0 Å². The van der Waals surface area contributed by atoms with Gasteiger partial charge in [0.05, 0.1) is 19.8 Å². The van der Waals surface area contributed by atoms with Crippen LogP contribution in [0.3, 0.4) is 0 Å². The van der Waals surface area contributed by atoms with Crippen LogP contribution < -0.4 is 0 Å². The molecule has 0 aromatic rings. The van der Waals surface area contributed by atoms with Crippen LogP contribution in [0.15, 0.2) is 0 Å². The zero-order valence-corrected chi connectivity index (χ0v) is 18.7. The lowest BCUT2D eigenvalue weighted by atomic mass is 10.1. The van der Waals surface area contributed by atoms with Gasteiger partial charge in [-0.1, -0.05) is 58.8 Å². The molecule has 1 atom stereocenters. The van der Waals surface area contributed by atoms with Crippen LogP contribution in [0.25, 0.3) is 0 Å². The van der Waals surface area contributed by atoms with Crippen LogP contribution in [0.1, 0.15) is 104 Å². The molecule has 0 aromatic carbocycles. The summed E-state index contributed by atoms with van der Waals surface area (Å²) in [6.07, 6.45) is 13.4. The molecule has 0 fully saturated rings. The summed E-state index contributed by atoms with van der Waals surface area (Å²) in [6.45, 7) is 3.94. The van der Waals surface area contributed by atoms with E-state index in [0.717, 1.165) is 38.5 Å². The topological polar surface area (TPSA) is 93.1 Å². The first-order valence-electron chi connectivity index (χ1n) is 11.6. The summed E-state index contributed by atoms with van der Waals surface area (Å²) in [7, 11) is 0. The molecule has 2 N–H and O–H groups in total. The van der Waals surface area contributed by atoms with E-state index in [9.17, 15) is 9.59 Å². The first kappa shape index (κ1) is 27.9. The maximum atomic E-state index is 12.0. The van der Waals surface area contributed by atoms with E-state index >= 15 is 0 Å². The number of aliphatic hydroxyl groups excluding tert-OH is 2. The number of carbonyl (C=O) groups is 2. The third-order valence-electron chi connectivity index (χ3n) is 5.14. The second kappa shape index (κ2) is 20.1. The zero-order chi connectivity index (χ0) is 21.7. The highest BCUT2D eigenvalue weighted by Gasteiger charge is 2.13. The number of rotatable bonds is 20. The van der Waals surface area contributed by atoms with Crippen LogP contribution in [0.5, 0.6) is 0 Å². The molecule has 0 aliphatic heterocycles. The summed E-state index contributed by atoms with van der Waals surface area (Å²) in [6, 6.07) is 0. The molecule has 0 bridgehead atoms. The molecule has 0 radical (unpaired) electrons. The SMILES string of the molecule is CCCCCCCCC(CC)OC(=O)CCCCCCC(=O)OCC(CO)CO. The number of ether oxygens (including phenoxy) is 2. The molecule has 0 saturated carbocycles. The van der Waals surface area contributed by atoms with Crippen molar-refractivity contribution < 1.29 is 29.3 Å². The van der Waals surface area contributed by atoms with Crippen molar-refractivity contribution in [1.29, 1.82) is 0 Å². The Bertz CT molecular complexity index is 395. The van der Waals surface area contributed by atoms with Crippen LogP contribution in [-0.4, -0.2) is 48.1 Å². The number of hydrogen-bond donors (Lipinski definition) is 2. The minimum Gasteiger partial charge on any atom is -0.465 e. The van der Waals surface area contributed by atoms with Gasteiger partial charge >= 0.3 is 11.9 Å². The highest BCUT2D eigenvalue weighted by molar-refractivity contribution is 5.69. The van der Waals surface area contributed by atoms with Crippen molar-refractivity contribution in [3.8, 4) is 0 Å². The predicted molar refractivity (Wildman–Crippen MR) is 114 cm³/mol. The van der Waals surface area contributed by atoms with Crippen molar-refractivity contribution in [2.45, 2.75) is 110 Å². The summed E-state index contributed by atoms with van der Waals surface area (Å²) < 4.78 is 10.6. The Kier molecular flexibility index (Phi) is 19.4. The largest absolute Gasteiger partial charge is 0.465 e. The summed E-state index contributed by atoms with van der Waals surface area (Å²) in [5.74, 6) is -0.823. The van der Waals surface area contributed by atoms with E-state index in [4.69, 9.17) is 19.7 Å². The van der Waals surface area contributed by atoms with Gasteiger partial charge in [0.2, 0.25) is 0 Å². The van der Waals surface area contributed by atoms with Gasteiger partial charge in [-0.2, -0.15) is 0 Å². The number of unbranched alkanes of at least 4 members (excludes halogenated alkanes) is 8. The van der Waals surface area contributed by atoms with Crippen LogP contribution in [0.2, 0.25) is 0 Å². The molecule has 0 aromatic heterocycles. The van der Waals surface area contributed by atoms with E-state index in [0.29, 0.717) is 19.3 Å². The smallest absolute Gasteiger partial charge is 0.306 e. The number of carbonyl (C=O) groups excluding carboxylic acids is 2. The molecule has 0 amide bonds. The van der Waals surface area contributed by atoms with Gasteiger partial charge in [-0.25, -0.2) is 0 Å². The van der Waals surface area contributed by atoms with Crippen molar-refractivity contribution in [3.63, 3.8) is 0 Å². The lowest BCUT2D eigenvalue weighted by Gasteiger charge is -2.16. The maximum Gasteiger partial charge on any atom is 0.306 e. The molecule has 172 valence electrons. The summed E-state index contributed by atoms with van der Waals surface area (Å²) in [5, 5.41) is 17.8. The molecular formula is C23H44O6. The first-order valence-corrected chi connectivity index (χ1v) is 11.6. The average Bonchev–Trinajstić information content (AvgIpc) is 2.72. The second-order valence-electron chi connectivity index (χ2n) is 7.90. The summed E-state index contributed by atoms with van der Waals surface area (Å²) in [5.41, 5.74) is 0. The van der Waals surface area contributed by atoms with E-state index < -0.39 is 5.92 Å². The third kappa shape index (κ3) is 17.4. The fourth-order valence-corrected chi connectivity index (χ4v) is 3.08. The quantitative estimate of drug-likeness (QED) is 0.223. The number of esters is 2. The van der Waals surface area contributed by atoms with Crippen molar-refractivity contribution in [1.82, 2.24) is 0 Å². The van der Waals surface area contributed by atoms with Gasteiger partial charge in [0.1, 0.15) is 6.10 Å². The van der Waals surface area contributed by atoms with Gasteiger partial charge in [0, 0.05) is 18.8 Å². The minimum absolute atomic E-state index is 0.0464. The standard InChI is InChI=1S/C23H44O6/c1-3-5-6-7-8-11-14-21(4-2)29-23(27)16-13-10-9-12-15-22(26)28-19-20(17-24)18-25/h20-21,24-25H,3-19H2,1-2H3. The van der Waals surface area contributed by atoms with E-state index in [1.165, 1.54) is 32.1 Å². The highest BCUT2D eigenvalue weighted by Crippen LogP contribution is 2.14. The molecule has 29 heavy (non-hydrogen) atoms. The van der Waals surface area contributed by atoms with Gasteiger partial charge in [-0.3, -0.25) is 9.59 Å². The van der Waals surface area contributed by atoms with Crippen LogP contribution >= 0.6 is 0 Å². The Hall–Kier alpha value is -1.14. The molecule has 0 aliphatic carbocycles. The Morgan fingerprint density at radius 1 is 0.759 bits per heavy atom. The molecule has 0 heterocycles. The molecule has 6 nitrogen and oxygen atoms in total. The lowest BCUT2D eigenvalue weighted by Crippen LogP contribution is -2.20. The molecule has 0 spiro atoms. The van der Waals surface area contributed by atoms with E-state index in [2.05, 4.69) is 13.8 Å².